The standard InChI is InChI=1S/C11H14N4O2/c12-14-13-8-9-7-10(1-2-11(9)16)15-3-5-17-6-4-15/h1-2,7,16H,3-6,8H2. The van der Waals surface area contributed by atoms with Crippen molar-refractivity contribution >= 4 is 5.69 Å². The minimum atomic E-state index is 0.161. The lowest BCUT2D eigenvalue weighted by atomic mass is 10.1. The van der Waals surface area contributed by atoms with E-state index in [1.165, 1.54) is 0 Å². The molecule has 1 aliphatic heterocycles. The van der Waals surface area contributed by atoms with E-state index in [2.05, 4.69) is 14.9 Å². The molecular weight excluding hydrogens is 220 g/mol. The molecule has 17 heavy (non-hydrogen) atoms. The predicted octanol–water partition coefficient (Wildman–Crippen LogP) is 2.04. The van der Waals surface area contributed by atoms with Crippen molar-refractivity contribution in [3.8, 4) is 5.75 Å². The molecule has 1 heterocycles. The Bertz CT molecular complexity index is 437. The minimum Gasteiger partial charge on any atom is -0.508 e. The minimum absolute atomic E-state index is 0.161. The molecule has 1 aromatic rings. The summed E-state index contributed by atoms with van der Waals surface area (Å²) >= 11 is 0. The molecule has 6 heteroatoms. The number of nitrogens with zero attached hydrogens (tertiary/aromatic N) is 4. The summed E-state index contributed by atoms with van der Waals surface area (Å²) in [6.45, 7) is 3.27. The van der Waals surface area contributed by atoms with Crippen molar-refractivity contribution in [2.24, 2.45) is 5.11 Å². The second kappa shape index (κ2) is 5.43. The third-order valence-electron chi connectivity index (χ3n) is 2.74. The second-order valence-corrected chi connectivity index (χ2v) is 3.80. The number of anilines is 1. The van der Waals surface area contributed by atoms with Crippen molar-refractivity contribution < 1.29 is 9.84 Å². The van der Waals surface area contributed by atoms with E-state index in [1.54, 1.807) is 6.07 Å². The lowest BCUT2D eigenvalue weighted by molar-refractivity contribution is 0.122. The predicted molar refractivity (Wildman–Crippen MR) is 64.0 cm³/mol. The van der Waals surface area contributed by atoms with Crippen LogP contribution in [0.3, 0.4) is 0 Å². The first-order valence-corrected chi connectivity index (χ1v) is 5.46. The second-order valence-electron chi connectivity index (χ2n) is 3.80. The van der Waals surface area contributed by atoms with Crippen LogP contribution in [0.15, 0.2) is 23.3 Å². The van der Waals surface area contributed by atoms with E-state index in [0.717, 1.165) is 18.8 Å². The molecule has 0 atom stereocenters. The van der Waals surface area contributed by atoms with Gasteiger partial charge in [0, 0.05) is 29.3 Å². The zero-order valence-electron chi connectivity index (χ0n) is 9.41. The molecule has 0 aliphatic carbocycles. The Balaban J connectivity index is 2.19. The monoisotopic (exact) mass is 234 g/mol. The fourth-order valence-electron chi connectivity index (χ4n) is 1.82. The highest BCUT2D eigenvalue weighted by atomic mass is 16.5. The van der Waals surface area contributed by atoms with Crippen molar-refractivity contribution in [2.75, 3.05) is 31.2 Å². The number of phenols is 1. The number of rotatable bonds is 3. The maximum absolute atomic E-state index is 9.63. The summed E-state index contributed by atoms with van der Waals surface area (Å²) in [5, 5.41) is 13.1. The van der Waals surface area contributed by atoms with Crippen LogP contribution in [0, 0.1) is 0 Å². The quantitative estimate of drug-likeness (QED) is 0.493. The van der Waals surface area contributed by atoms with Gasteiger partial charge in [-0.1, -0.05) is 5.11 Å². The van der Waals surface area contributed by atoms with E-state index < -0.39 is 0 Å². The van der Waals surface area contributed by atoms with Crippen LogP contribution in [-0.2, 0) is 11.3 Å². The van der Waals surface area contributed by atoms with Crippen LogP contribution in [0.25, 0.3) is 10.4 Å². The van der Waals surface area contributed by atoms with E-state index in [4.69, 9.17) is 10.3 Å². The average molecular weight is 234 g/mol. The lowest BCUT2D eigenvalue weighted by Crippen LogP contribution is -2.36. The summed E-state index contributed by atoms with van der Waals surface area (Å²) in [6.07, 6.45) is 0. The molecule has 0 unspecified atom stereocenters. The van der Waals surface area contributed by atoms with Crippen LogP contribution >= 0.6 is 0 Å². The molecule has 0 aromatic heterocycles. The molecule has 1 aromatic carbocycles. The molecule has 2 rings (SSSR count). The molecule has 0 bridgehead atoms. The summed E-state index contributed by atoms with van der Waals surface area (Å²) < 4.78 is 5.28. The number of morpholine rings is 1. The molecule has 0 amide bonds. The van der Waals surface area contributed by atoms with E-state index in [-0.39, 0.29) is 12.3 Å². The van der Waals surface area contributed by atoms with Gasteiger partial charge in [-0.25, -0.2) is 0 Å². The van der Waals surface area contributed by atoms with Crippen molar-refractivity contribution in [3.63, 3.8) is 0 Å². The molecule has 1 N–H and O–H groups in total. The highest BCUT2D eigenvalue weighted by Crippen LogP contribution is 2.25. The third-order valence-corrected chi connectivity index (χ3v) is 2.74. The fourth-order valence-corrected chi connectivity index (χ4v) is 1.82. The van der Waals surface area contributed by atoms with Crippen molar-refractivity contribution in [1.29, 1.82) is 0 Å². The zero-order chi connectivity index (χ0) is 12.1. The van der Waals surface area contributed by atoms with E-state index in [1.807, 2.05) is 12.1 Å². The Kier molecular flexibility index (Phi) is 3.69. The van der Waals surface area contributed by atoms with Crippen LogP contribution in [0.5, 0.6) is 5.75 Å². The van der Waals surface area contributed by atoms with Gasteiger partial charge >= 0.3 is 0 Å². The van der Waals surface area contributed by atoms with Crippen LogP contribution in [0.1, 0.15) is 5.56 Å². The summed E-state index contributed by atoms with van der Waals surface area (Å²) in [5.41, 5.74) is 9.95. The van der Waals surface area contributed by atoms with E-state index in [0.29, 0.717) is 18.8 Å². The topological polar surface area (TPSA) is 81.5 Å². The Labute approximate surface area is 99.1 Å². The smallest absolute Gasteiger partial charge is 0.119 e. The molecule has 0 spiro atoms. The fraction of sp³-hybridized carbons (Fsp3) is 0.455. The number of hydrogen-bond donors (Lipinski definition) is 1. The highest BCUT2D eigenvalue weighted by Gasteiger charge is 2.12. The maximum atomic E-state index is 9.63. The summed E-state index contributed by atoms with van der Waals surface area (Å²) in [4.78, 5) is 4.88. The van der Waals surface area contributed by atoms with Crippen LogP contribution in [-0.4, -0.2) is 31.4 Å². The molecule has 1 aliphatic rings. The molecule has 0 radical (unpaired) electrons. The third kappa shape index (κ3) is 2.81. The number of benzene rings is 1. The van der Waals surface area contributed by atoms with Crippen molar-refractivity contribution in [2.45, 2.75) is 6.54 Å². The van der Waals surface area contributed by atoms with Crippen LogP contribution in [0.4, 0.5) is 5.69 Å². The first-order chi connectivity index (χ1) is 8.31. The number of azide groups is 1. The van der Waals surface area contributed by atoms with Gasteiger partial charge in [0.05, 0.1) is 19.8 Å². The largest absolute Gasteiger partial charge is 0.508 e. The van der Waals surface area contributed by atoms with Gasteiger partial charge in [0.25, 0.3) is 0 Å². The van der Waals surface area contributed by atoms with Gasteiger partial charge < -0.3 is 14.7 Å². The molecule has 90 valence electrons. The van der Waals surface area contributed by atoms with Gasteiger partial charge in [0.15, 0.2) is 0 Å². The van der Waals surface area contributed by atoms with Crippen molar-refractivity contribution in [3.05, 3.63) is 34.2 Å². The van der Waals surface area contributed by atoms with Crippen molar-refractivity contribution in [1.82, 2.24) is 0 Å². The van der Waals surface area contributed by atoms with Gasteiger partial charge in [0.1, 0.15) is 5.75 Å². The summed E-state index contributed by atoms with van der Waals surface area (Å²) in [5.74, 6) is 0.161. The van der Waals surface area contributed by atoms with Gasteiger partial charge in [-0.3, -0.25) is 0 Å². The van der Waals surface area contributed by atoms with Gasteiger partial charge in [-0.15, -0.1) is 0 Å². The summed E-state index contributed by atoms with van der Waals surface area (Å²) in [7, 11) is 0. The molecular formula is C11H14N4O2. The van der Waals surface area contributed by atoms with E-state index in [9.17, 15) is 5.11 Å². The number of ether oxygens (including phenoxy) is 1. The Morgan fingerprint density at radius 3 is 2.88 bits per heavy atom. The lowest BCUT2D eigenvalue weighted by Gasteiger charge is -2.29. The molecule has 1 fully saturated rings. The molecule has 1 saturated heterocycles. The van der Waals surface area contributed by atoms with E-state index >= 15 is 0 Å². The van der Waals surface area contributed by atoms with Gasteiger partial charge in [-0.05, 0) is 23.7 Å². The first kappa shape index (κ1) is 11.6. The maximum Gasteiger partial charge on any atom is 0.119 e. The normalized spacial score (nSPS) is 15.4. The Morgan fingerprint density at radius 1 is 1.41 bits per heavy atom. The number of phenolic OH excluding ortho intramolecular Hbond substituents is 1. The SMILES string of the molecule is [N-]=[N+]=NCc1cc(N2CCOCC2)ccc1O. The highest BCUT2D eigenvalue weighted by molar-refractivity contribution is 5.53. The Hall–Kier alpha value is -1.91. The zero-order valence-corrected chi connectivity index (χ0v) is 9.41. The molecule has 6 nitrogen and oxygen atoms in total. The molecule has 0 saturated carbocycles. The first-order valence-electron chi connectivity index (χ1n) is 5.46. The summed E-state index contributed by atoms with van der Waals surface area (Å²) in [6, 6.07) is 5.35. The van der Waals surface area contributed by atoms with Gasteiger partial charge in [-0.2, -0.15) is 0 Å². The van der Waals surface area contributed by atoms with Gasteiger partial charge in [0.2, 0.25) is 0 Å². The average Bonchev–Trinajstić information content (AvgIpc) is 2.39. The number of aromatic hydroxyl groups is 1. The van der Waals surface area contributed by atoms with Crippen LogP contribution < -0.4 is 4.90 Å². The number of hydrogen-bond acceptors (Lipinski definition) is 4. The Morgan fingerprint density at radius 2 is 2.18 bits per heavy atom. The van der Waals surface area contributed by atoms with Crippen LogP contribution in [0.2, 0.25) is 0 Å².